The molecule has 4 heteroatoms. The zero-order valence-electron chi connectivity index (χ0n) is 12.0. The van der Waals surface area contributed by atoms with Crippen LogP contribution in [0.3, 0.4) is 0 Å². The van der Waals surface area contributed by atoms with E-state index in [1.807, 2.05) is 30.3 Å². The Balaban J connectivity index is 2.01. The molecule has 0 spiro atoms. The van der Waals surface area contributed by atoms with Crippen LogP contribution in [0.5, 0.6) is 5.88 Å². The first kappa shape index (κ1) is 14.8. The molecule has 20 heavy (non-hydrogen) atoms. The summed E-state index contributed by atoms with van der Waals surface area (Å²) in [6.07, 6.45) is 2.23. The zero-order valence-corrected chi connectivity index (χ0v) is 12.0. The van der Waals surface area contributed by atoms with E-state index in [0.29, 0.717) is 25.6 Å². The second-order valence-electron chi connectivity index (χ2n) is 4.66. The second kappa shape index (κ2) is 7.82. The van der Waals surface area contributed by atoms with Crippen molar-refractivity contribution < 1.29 is 9.47 Å². The Morgan fingerprint density at radius 2 is 2.00 bits per heavy atom. The van der Waals surface area contributed by atoms with E-state index >= 15 is 0 Å². The number of rotatable bonds is 8. The van der Waals surface area contributed by atoms with Gasteiger partial charge in [-0.2, -0.15) is 0 Å². The summed E-state index contributed by atoms with van der Waals surface area (Å²) in [5, 5.41) is 2.11. The van der Waals surface area contributed by atoms with Crippen molar-refractivity contribution in [3.8, 4) is 5.88 Å². The lowest BCUT2D eigenvalue weighted by Gasteiger charge is -2.10. The van der Waals surface area contributed by atoms with Crippen molar-refractivity contribution in [1.29, 1.82) is 0 Å². The molecule has 0 bridgehead atoms. The van der Waals surface area contributed by atoms with Crippen molar-refractivity contribution in [2.75, 3.05) is 19.8 Å². The normalized spacial score (nSPS) is 10.9. The smallest absolute Gasteiger partial charge is 0.221 e. The van der Waals surface area contributed by atoms with Crippen LogP contribution in [0.4, 0.5) is 0 Å². The van der Waals surface area contributed by atoms with Crippen LogP contribution in [0.2, 0.25) is 0 Å². The maximum absolute atomic E-state index is 5.75. The molecule has 0 radical (unpaired) electrons. The van der Waals surface area contributed by atoms with Gasteiger partial charge in [-0.15, -0.1) is 0 Å². The summed E-state index contributed by atoms with van der Waals surface area (Å²) < 4.78 is 11.2. The molecule has 0 fully saturated rings. The van der Waals surface area contributed by atoms with Crippen molar-refractivity contribution in [1.82, 2.24) is 4.98 Å². The van der Waals surface area contributed by atoms with E-state index in [-0.39, 0.29) is 0 Å². The Kier molecular flexibility index (Phi) is 5.77. The highest BCUT2D eigenvalue weighted by atomic mass is 16.5. The van der Waals surface area contributed by atoms with E-state index in [9.17, 15) is 0 Å². The molecule has 1 aromatic carbocycles. The van der Waals surface area contributed by atoms with Gasteiger partial charge in [0.1, 0.15) is 6.61 Å². The van der Waals surface area contributed by atoms with Gasteiger partial charge < -0.3 is 15.2 Å². The standard InChI is InChI=1S/C16H22N2O2/c1-2-3-8-19-9-10-20-16-15-7-5-4-6-13(15)11-14(12-17)18-16/h4-7,11H,2-3,8-10,12,17H2,1H3. The first-order valence-electron chi connectivity index (χ1n) is 7.14. The number of hydrogen-bond acceptors (Lipinski definition) is 4. The molecule has 0 atom stereocenters. The van der Waals surface area contributed by atoms with E-state index in [1.165, 1.54) is 0 Å². The SMILES string of the molecule is CCCCOCCOc1nc(CN)cc2ccccc12. The van der Waals surface area contributed by atoms with Crippen LogP contribution in [0, 0.1) is 0 Å². The Morgan fingerprint density at radius 3 is 2.80 bits per heavy atom. The molecule has 4 nitrogen and oxygen atoms in total. The van der Waals surface area contributed by atoms with E-state index < -0.39 is 0 Å². The lowest BCUT2D eigenvalue weighted by Crippen LogP contribution is -2.09. The monoisotopic (exact) mass is 274 g/mol. The number of fused-ring (bicyclic) bond motifs is 1. The van der Waals surface area contributed by atoms with Crippen molar-refractivity contribution in [3.63, 3.8) is 0 Å². The van der Waals surface area contributed by atoms with Gasteiger partial charge in [-0.1, -0.05) is 31.5 Å². The van der Waals surface area contributed by atoms with E-state index in [2.05, 4.69) is 11.9 Å². The third-order valence-electron chi connectivity index (χ3n) is 3.08. The predicted octanol–water partition coefficient (Wildman–Crippen LogP) is 2.89. The van der Waals surface area contributed by atoms with Crippen LogP contribution < -0.4 is 10.5 Å². The molecule has 2 rings (SSSR count). The Morgan fingerprint density at radius 1 is 1.15 bits per heavy atom. The van der Waals surface area contributed by atoms with Gasteiger partial charge >= 0.3 is 0 Å². The third kappa shape index (κ3) is 3.92. The summed E-state index contributed by atoms with van der Waals surface area (Å²) >= 11 is 0. The third-order valence-corrected chi connectivity index (χ3v) is 3.08. The van der Waals surface area contributed by atoms with Crippen molar-refractivity contribution >= 4 is 10.8 Å². The van der Waals surface area contributed by atoms with Crippen LogP contribution in [0.1, 0.15) is 25.5 Å². The number of pyridine rings is 1. The highest BCUT2D eigenvalue weighted by Crippen LogP contribution is 2.24. The van der Waals surface area contributed by atoms with E-state index in [1.54, 1.807) is 0 Å². The molecular weight excluding hydrogens is 252 g/mol. The molecule has 2 N–H and O–H groups in total. The van der Waals surface area contributed by atoms with Gasteiger partial charge in [-0.25, -0.2) is 4.98 Å². The molecule has 0 amide bonds. The van der Waals surface area contributed by atoms with Gasteiger partial charge in [-0.05, 0) is 23.9 Å². The number of unbranched alkanes of at least 4 members (excludes halogenated alkanes) is 1. The lowest BCUT2D eigenvalue weighted by molar-refractivity contribution is 0.0970. The van der Waals surface area contributed by atoms with Crippen molar-refractivity contribution in [2.24, 2.45) is 5.73 Å². The summed E-state index contributed by atoms with van der Waals surface area (Å²) in [5.74, 6) is 0.641. The number of ether oxygens (including phenoxy) is 2. The highest BCUT2D eigenvalue weighted by molar-refractivity contribution is 5.87. The zero-order chi connectivity index (χ0) is 14.2. The average molecular weight is 274 g/mol. The quantitative estimate of drug-likeness (QED) is 0.752. The van der Waals surface area contributed by atoms with Crippen LogP contribution in [-0.4, -0.2) is 24.8 Å². The average Bonchev–Trinajstić information content (AvgIpc) is 2.50. The molecule has 1 heterocycles. The van der Waals surface area contributed by atoms with Crippen LogP contribution in [0.15, 0.2) is 30.3 Å². The highest BCUT2D eigenvalue weighted by Gasteiger charge is 2.06. The first-order chi connectivity index (χ1) is 9.85. The fourth-order valence-corrected chi connectivity index (χ4v) is 1.98. The van der Waals surface area contributed by atoms with Gasteiger partial charge in [0.15, 0.2) is 0 Å². The number of aromatic nitrogens is 1. The number of nitrogens with zero attached hydrogens (tertiary/aromatic N) is 1. The number of hydrogen-bond donors (Lipinski definition) is 1. The van der Waals surface area contributed by atoms with Gasteiger partial charge in [0.25, 0.3) is 0 Å². The minimum atomic E-state index is 0.411. The summed E-state index contributed by atoms with van der Waals surface area (Å²) in [6, 6.07) is 10.0. The van der Waals surface area contributed by atoms with Gasteiger partial charge in [0, 0.05) is 18.5 Å². The number of benzene rings is 1. The van der Waals surface area contributed by atoms with Gasteiger partial charge in [0.05, 0.1) is 12.3 Å². The topological polar surface area (TPSA) is 57.4 Å². The fraction of sp³-hybridized carbons (Fsp3) is 0.438. The van der Waals surface area contributed by atoms with Crippen LogP contribution in [0.25, 0.3) is 10.8 Å². The Hall–Kier alpha value is -1.65. The summed E-state index contributed by atoms with van der Waals surface area (Å²) in [7, 11) is 0. The van der Waals surface area contributed by atoms with Crippen LogP contribution >= 0.6 is 0 Å². The summed E-state index contributed by atoms with van der Waals surface area (Å²) in [4.78, 5) is 4.45. The molecule has 0 aliphatic rings. The summed E-state index contributed by atoms with van der Waals surface area (Å²) in [6.45, 7) is 4.44. The molecule has 0 saturated heterocycles. The van der Waals surface area contributed by atoms with Gasteiger partial charge in [0.2, 0.25) is 5.88 Å². The Labute approximate surface area is 119 Å². The van der Waals surface area contributed by atoms with Gasteiger partial charge in [-0.3, -0.25) is 0 Å². The molecule has 2 aromatic rings. The summed E-state index contributed by atoms with van der Waals surface area (Å²) in [5.41, 5.74) is 6.52. The first-order valence-corrected chi connectivity index (χ1v) is 7.14. The van der Waals surface area contributed by atoms with Crippen LogP contribution in [-0.2, 0) is 11.3 Å². The minimum Gasteiger partial charge on any atom is -0.475 e. The second-order valence-corrected chi connectivity index (χ2v) is 4.66. The molecular formula is C16H22N2O2. The molecule has 108 valence electrons. The Bertz CT molecular complexity index is 543. The van der Waals surface area contributed by atoms with Crippen molar-refractivity contribution in [3.05, 3.63) is 36.0 Å². The van der Waals surface area contributed by atoms with E-state index in [4.69, 9.17) is 15.2 Å². The molecule has 0 aliphatic heterocycles. The molecule has 0 saturated carbocycles. The number of nitrogens with two attached hydrogens (primary N) is 1. The van der Waals surface area contributed by atoms with E-state index in [0.717, 1.165) is 35.9 Å². The maximum atomic E-state index is 5.75. The lowest BCUT2D eigenvalue weighted by atomic mass is 10.1. The molecule has 1 aromatic heterocycles. The maximum Gasteiger partial charge on any atom is 0.221 e. The molecule has 0 unspecified atom stereocenters. The molecule has 0 aliphatic carbocycles. The minimum absolute atomic E-state index is 0.411. The van der Waals surface area contributed by atoms with Crippen molar-refractivity contribution in [2.45, 2.75) is 26.3 Å². The fourth-order valence-electron chi connectivity index (χ4n) is 1.98. The predicted molar refractivity (Wildman–Crippen MR) is 80.9 cm³/mol. The largest absolute Gasteiger partial charge is 0.475 e.